The number of hydrogen-bond donors (Lipinski definition) is 2. The Balaban J connectivity index is 1.44. The zero-order valence-electron chi connectivity index (χ0n) is 15.1. The van der Waals surface area contributed by atoms with Crippen molar-refractivity contribution >= 4 is 50.7 Å². The quantitative estimate of drug-likeness (QED) is 0.762. The topological polar surface area (TPSA) is 87.7 Å². The predicted octanol–water partition coefficient (Wildman–Crippen LogP) is 3.16. The molecule has 1 saturated heterocycles. The molecular formula is C20H18BrN3O4. The molecule has 0 unspecified atom stereocenters. The van der Waals surface area contributed by atoms with Gasteiger partial charge in [-0.1, -0.05) is 15.9 Å². The van der Waals surface area contributed by atoms with Gasteiger partial charge in [0.05, 0.1) is 11.6 Å². The van der Waals surface area contributed by atoms with Crippen molar-refractivity contribution in [3.05, 3.63) is 46.9 Å². The first-order valence-corrected chi connectivity index (χ1v) is 9.68. The maximum absolute atomic E-state index is 12.7. The van der Waals surface area contributed by atoms with E-state index in [0.29, 0.717) is 23.7 Å². The van der Waals surface area contributed by atoms with Crippen LogP contribution in [0.5, 0.6) is 5.75 Å². The molecule has 2 N–H and O–H groups in total. The van der Waals surface area contributed by atoms with Gasteiger partial charge in [-0.05, 0) is 49.4 Å². The number of halogens is 1. The summed E-state index contributed by atoms with van der Waals surface area (Å²) in [6, 6.07) is 12.5. The number of carbonyl (C=O) groups excluding carboxylic acids is 3. The third-order valence-corrected chi connectivity index (χ3v) is 5.34. The first-order valence-electron chi connectivity index (χ1n) is 8.89. The highest BCUT2D eigenvalue weighted by molar-refractivity contribution is 9.10. The van der Waals surface area contributed by atoms with E-state index in [1.165, 1.54) is 0 Å². The summed E-state index contributed by atoms with van der Waals surface area (Å²) < 4.78 is 6.44. The largest absolute Gasteiger partial charge is 0.479 e. The molecule has 144 valence electrons. The Kier molecular flexibility index (Phi) is 4.80. The van der Waals surface area contributed by atoms with Crippen LogP contribution in [0.15, 0.2) is 46.9 Å². The number of ether oxygens (including phenoxy) is 1. The predicted molar refractivity (Wildman–Crippen MR) is 108 cm³/mol. The van der Waals surface area contributed by atoms with Crippen LogP contribution >= 0.6 is 15.9 Å². The Labute approximate surface area is 170 Å². The fourth-order valence-electron chi connectivity index (χ4n) is 3.28. The van der Waals surface area contributed by atoms with Crippen molar-refractivity contribution in [2.45, 2.75) is 19.4 Å². The monoisotopic (exact) mass is 443 g/mol. The van der Waals surface area contributed by atoms with Gasteiger partial charge in [-0.3, -0.25) is 14.4 Å². The van der Waals surface area contributed by atoms with E-state index in [2.05, 4.69) is 26.6 Å². The molecule has 0 bridgehead atoms. The first kappa shape index (κ1) is 18.5. The molecule has 2 atom stereocenters. The van der Waals surface area contributed by atoms with Gasteiger partial charge in [-0.25, -0.2) is 0 Å². The van der Waals surface area contributed by atoms with Crippen LogP contribution < -0.4 is 20.3 Å². The Morgan fingerprint density at radius 3 is 2.71 bits per heavy atom. The molecule has 0 aliphatic carbocycles. The zero-order chi connectivity index (χ0) is 19.8. The van der Waals surface area contributed by atoms with Gasteiger partial charge in [-0.2, -0.15) is 0 Å². The molecule has 4 rings (SSSR count). The lowest BCUT2D eigenvalue weighted by Crippen LogP contribution is -2.34. The van der Waals surface area contributed by atoms with Crippen LogP contribution in [0.2, 0.25) is 0 Å². The molecule has 8 heteroatoms. The Bertz CT molecular complexity index is 960. The number of anilines is 3. The van der Waals surface area contributed by atoms with Gasteiger partial charge in [0.15, 0.2) is 6.10 Å². The van der Waals surface area contributed by atoms with Crippen LogP contribution in [-0.4, -0.2) is 30.4 Å². The standard InChI is InChI=1S/C20H18BrN3O4/c1-11-19(26)23-16-9-14(4-7-17(16)28-11)22-20(27)12-8-18(25)24(10-12)15-5-2-13(21)3-6-15/h2-7,9,11-12H,8,10H2,1H3,(H,22,27)(H,23,26)/t11-,12+/m1/s1. The molecule has 2 aromatic rings. The van der Waals surface area contributed by atoms with Gasteiger partial charge in [-0.15, -0.1) is 0 Å². The lowest BCUT2D eigenvalue weighted by molar-refractivity contribution is -0.122. The summed E-state index contributed by atoms with van der Waals surface area (Å²) in [5, 5.41) is 5.58. The molecule has 28 heavy (non-hydrogen) atoms. The average molecular weight is 444 g/mol. The molecule has 2 heterocycles. The van der Waals surface area contributed by atoms with Crippen molar-refractivity contribution in [1.29, 1.82) is 0 Å². The van der Waals surface area contributed by atoms with Crippen molar-refractivity contribution in [3.63, 3.8) is 0 Å². The highest BCUT2D eigenvalue weighted by Crippen LogP contribution is 2.33. The van der Waals surface area contributed by atoms with Crippen LogP contribution in [0, 0.1) is 5.92 Å². The summed E-state index contributed by atoms with van der Waals surface area (Å²) in [5.74, 6) is -0.435. The van der Waals surface area contributed by atoms with E-state index in [9.17, 15) is 14.4 Å². The highest BCUT2D eigenvalue weighted by atomic mass is 79.9. The Morgan fingerprint density at radius 2 is 1.96 bits per heavy atom. The van der Waals surface area contributed by atoms with E-state index in [-0.39, 0.29) is 24.1 Å². The molecule has 1 fully saturated rings. The van der Waals surface area contributed by atoms with Gasteiger partial charge in [0.2, 0.25) is 11.8 Å². The maximum Gasteiger partial charge on any atom is 0.265 e. The second kappa shape index (κ2) is 7.27. The number of nitrogens with one attached hydrogen (secondary N) is 2. The van der Waals surface area contributed by atoms with E-state index >= 15 is 0 Å². The number of benzene rings is 2. The summed E-state index contributed by atoms with van der Waals surface area (Å²) >= 11 is 3.37. The maximum atomic E-state index is 12.7. The van der Waals surface area contributed by atoms with E-state index in [4.69, 9.17) is 4.74 Å². The summed E-state index contributed by atoms with van der Waals surface area (Å²) in [6.07, 6.45) is -0.397. The van der Waals surface area contributed by atoms with Crippen molar-refractivity contribution in [1.82, 2.24) is 0 Å². The average Bonchev–Trinajstić information content (AvgIpc) is 3.05. The number of fused-ring (bicyclic) bond motifs is 1. The van der Waals surface area contributed by atoms with Crippen LogP contribution in [0.3, 0.4) is 0 Å². The number of rotatable bonds is 3. The van der Waals surface area contributed by atoms with E-state index < -0.39 is 12.0 Å². The van der Waals surface area contributed by atoms with Crippen molar-refractivity contribution in [2.24, 2.45) is 5.92 Å². The van der Waals surface area contributed by atoms with Crippen LogP contribution in [0.4, 0.5) is 17.1 Å². The van der Waals surface area contributed by atoms with Gasteiger partial charge in [0.25, 0.3) is 5.91 Å². The van der Waals surface area contributed by atoms with Crippen LogP contribution in [0.25, 0.3) is 0 Å². The van der Waals surface area contributed by atoms with E-state index in [1.807, 2.05) is 24.3 Å². The second-order valence-electron chi connectivity index (χ2n) is 6.83. The number of hydrogen-bond acceptors (Lipinski definition) is 4. The molecule has 0 spiro atoms. The Hall–Kier alpha value is -2.87. The molecule has 2 aliphatic rings. The number of amides is 3. The van der Waals surface area contributed by atoms with E-state index in [0.717, 1.165) is 10.2 Å². The minimum absolute atomic E-state index is 0.0810. The molecule has 0 radical (unpaired) electrons. The lowest BCUT2D eigenvalue weighted by Gasteiger charge is -2.24. The van der Waals surface area contributed by atoms with Crippen LogP contribution in [-0.2, 0) is 14.4 Å². The summed E-state index contributed by atoms with van der Waals surface area (Å²) in [5.41, 5.74) is 1.82. The van der Waals surface area contributed by atoms with E-state index in [1.54, 1.807) is 30.0 Å². The van der Waals surface area contributed by atoms with Crippen LogP contribution in [0.1, 0.15) is 13.3 Å². The molecule has 3 amide bonds. The molecule has 7 nitrogen and oxygen atoms in total. The summed E-state index contributed by atoms with van der Waals surface area (Å²) in [7, 11) is 0. The molecular weight excluding hydrogens is 426 g/mol. The first-order chi connectivity index (χ1) is 13.4. The van der Waals surface area contributed by atoms with Gasteiger partial charge >= 0.3 is 0 Å². The van der Waals surface area contributed by atoms with Crippen molar-refractivity contribution < 1.29 is 19.1 Å². The molecule has 0 saturated carbocycles. The van der Waals surface area contributed by atoms with Gasteiger partial charge in [0.1, 0.15) is 5.75 Å². The minimum Gasteiger partial charge on any atom is -0.479 e. The third-order valence-electron chi connectivity index (χ3n) is 4.81. The SMILES string of the molecule is C[C@H]1Oc2ccc(NC(=O)[C@H]3CC(=O)N(c4ccc(Br)cc4)C3)cc2NC1=O. The Morgan fingerprint density at radius 1 is 1.21 bits per heavy atom. The van der Waals surface area contributed by atoms with Crippen molar-refractivity contribution in [2.75, 3.05) is 22.1 Å². The minimum atomic E-state index is -0.554. The third kappa shape index (κ3) is 3.60. The fourth-order valence-corrected chi connectivity index (χ4v) is 3.55. The van der Waals surface area contributed by atoms with Gasteiger partial charge < -0.3 is 20.3 Å². The fraction of sp³-hybridized carbons (Fsp3) is 0.250. The molecule has 0 aromatic heterocycles. The normalized spacial score (nSPS) is 21.0. The second-order valence-corrected chi connectivity index (χ2v) is 7.75. The van der Waals surface area contributed by atoms with Gasteiger partial charge in [0, 0.05) is 28.8 Å². The zero-order valence-corrected chi connectivity index (χ0v) is 16.7. The smallest absolute Gasteiger partial charge is 0.265 e. The number of nitrogens with zero attached hydrogens (tertiary/aromatic N) is 1. The lowest BCUT2D eigenvalue weighted by atomic mass is 10.1. The summed E-state index contributed by atoms with van der Waals surface area (Å²) in [6.45, 7) is 2.00. The van der Waals surface area contributed by atoms with Crippen molar-refractivity contribution in [3.8, 4) is 5.75 Å². The highest BCUT2D eigenvalue weighted by Gasteiger charge is 2.35. The molecule has 2 aliphatic heterocycles. The number of carbonyl (C=O) groups is 3. The summed E-state index contributed by atoms with van der Waals surface area (Å²) in [4.78, 5) is 38.4. The molecule has 2 aromatic carbocycles.